The summed E-state index contributed by atoms with van der Waals surface area (Å²) in [5, 5.41) is 3.18. The minimum absolute atomic E-state index is 0.137. The fraction of sp³-hybridized carbons (Fsp3) is 0.0870. The van der Waals surface area contributed by atoms with E-state index in [1.807, 2.05) is 0 Å². The zero-order valence-electron chi connectivity index (χ0n) is 16.8. The van der Waals surface area contributed by atoms with Crippen LogP contribution in [0.5, 0.6) is 0 Å². The van der Waals surface area contributed by atoms with Crippen molar-refractivity contribution in [1.82, 2.24) is 10.0 Å². The zero-order valence-corrected chi connectivity index (χ0v) is 17.6. The molecule has 0 fully saturated rings. The van der Waals surface area contributed by atoms with Gasteiger partial charge in [0, 0.05) is 18.0 Å². The highest BCUT2D eigenvalue weighted by molar-refractivity contribution is 7.89. The van der Waals surface area contributed by atoms with Gasteiger partial charge in [-0.3, -0.25) is 4.79 Å². The predicted molar refractivity (Wildman–Crippen MR) is 117 cm³/mol. The van der Waals surface area contributed by atoms with Crippen molar-refractivity contribution >= 4 is 26.9 Å². The summed E-state index contributed by atoms with van der Waals surface area (Å²) in [7, 11) is -0.723. The van der Waals surface area contributed by atoms with E-state index in [1.165, 1.54) is 32.3 Å². The lowest BCUT2D eigenvalue weighted by molar-refractivity contribution is 0.0964. The van der Waals surface area contributed by atoms with Crippen molar-refractivity contribution in [2.75, 3.05) is 14.1 Å². The van der Waals surface area contributed by atoms with E-state index in [1.54, 1.807) is 48.5 Å². The van der Waals surface area contributed by atoms with Crippen molar-refractivity contribution in [2.24, 2.45) is 0 Å². The summed E-state index contributed by atoms with van der Waals surface area (Å²) in [5.74, 6) is -0.403. The van der Waals surface area contributed by atoms with Gasteiger partial charge in [-0.15, -0.1) is 0 Å². The van der Waals surface area contributed by atoms with Crippen LogP contribution in [0.3, 0.4) is 0 Å². The molecule has 0 unspecified atom stereocenters. The van der Waals surface area contributed by atoms with Gasteiger partial charge in [-0.2, -0.15) is 0 Å². The summed E-state index contributed by atoms with van der Waals surface area (Å²) >= 11 is 0. The van der Waals surface area contributed by atoms with Crippen LogP contribution < -0.4 is 10.0 Å². The topological polar surface area (TPSA) is 88.4 Å². The van der Waals surface area contributed by atoms with Gasteiger partial charge < -0.3 is 9.73 Å². The largest absolute Gasteiger partial charge is 0.455 e. The first-order valence-electron chi connectivity index (χ1n) is 9.42. The number of fused-ring (bicyclic) bond motifs is 1. The summed E-state index contributed by atoms with van der Waals surface area (Å²) in [6.07, 6.45) is 0. The second kappa shape index (κ2) is 7.98. The minimum atomic E-state index is -3.60. The summed E-state index contributed by atoms with van der Waals surface area (Å²) < 4.78 is 45.9. The molecule has 0 saturated heterocycles. The van der Waals surface area contributed by atoms with E-state index in [0.717, 1.165) is 5.56 Å². The zero-order chi connectivity index (χ0) is 22.2. The first-order valence-corrected chi connectivity index (χ1v) is 10.9. The van der Waals surface area contributed by atoms with Crippen molar-refractivity contribution in [3.8, 4) is 22.5 Å². The number of carbonyl (C=O) groups excluding carboxylic acids is 1. The number of hydrogen-bond acceptors (Lipinski definition) is 4. The standard InChI is InChI=1S/C23H19FN2O4S/c1-25-23(27)21-19-13-16(15-4-3-5-18(12-15)31(28,29)26-2)8-11-20(19)30-22(21)14-6-9-17(24)10-7-14/h3-13,26H,1-2H3,(H,25,27). The van der Waals surface area contributed by atoms with Crippen molar-refractivity contribution in [2.45, 2.75) is 4.90 Å². The number of amides is 1. The summed E-state index contributed by atoms with van der Waals surface area (Å²) in [5.41, 5.74) is 2.77. The SMILES string of the molecule is CNC(=O)c1c(-c2ccc(F)cc2)oc2ccc(-c3cccc(S(=O)(=O)NC)c3)cc12. The smallest absolute Gasteiger partial charge is 0.255 e. The molecule has 0 atom stereocenters. The van der Waals surface area contributed by atoms with Crippen molar-refractivity contribution < 1.29 is 22.0 Å². The van der Waals surface area contributed by atoms with Gasteiger partial charge in [0.15, 0.2) is 0 Å². The van der Waals surface area contributed by atoms with Crippen LogP contribution in [0.2, 0.25) is 0 Å². The second-order valence-electron chi connectivity index (χ2n) is 6.84. The molecule has 8 heteroatoms. The molecule has 0 radical (unpaired) electrons. The Kier molecular flexibility index (Phi) is 5.34. The molecule has 1 heterocycles. The van der Waals surface area contributed by atoms with E-state index >= 15 is 0 Å². The van der Waals surface area contributed by atoms with Gasteiger partial charge in [0.05, 0.1) is 10.5 Å². The Morgan fingerprint density at radius 3 is 2.26 bits per heavy atom. The number of benzene rings is 3. The maximum Gasteiger partial charge on any atom is 0.255 e. The van der Waals surface area contributed by atoms with Crippen LogP contribution in [0.25, 0.3) is 33.4 Å². The minimum Gasteiger partial charge on any atom is -0.455 e. The van der Waals surface area contributed by atoms with E-state index < -0.39 is 10.0 Å². The number of rotatable bonds is 5. The Balaban J connectivity index is 1.91. The summed E-state index contributed by atoms with van der Waals surface area (Å²) in [6.45, 7) is 0. The molecule has 31 heavy (non-hydrogen) atoms. The van der Waals surface area contributed by atoms with Crippen molar-refractivity contribution in [3.05, 3.63) is 78.1 Å². The van der Waals surface area contributed by atoms with Crippen LogP contribution in [-0.2, 0) is 10.0 Å². The normalized spacial score (nSPS) is 11.6. The van der Waals surface area contributed by atoms with Gasteiger partial charge in [0.1, 0.15) is 17.2 Å². The maximum absolute atomic E-state index is 13.4. The molecule has 6 nitrogen and oxygen atoms in total. The third kappa shape index (κ3) is 3.83. The van der Waals surface area contributed by atoms with E-state index in [-0.39, 0.29) is 16.6 Å². The molecule has 1 aromatic heterocycles. The number of halogens is 1. The average Bonchev–Trinajstić information content (AvgIpc) is 3.17. The van der Waals surface area contributed by atoms with Gasteiger partial charge in [-0.25, -0.2) is 17.5 Å². The van der Waals surface area contributed by atoms with Gasteiger partial charge in [0.25, 0.3) is 5.91 Å². The number of carbonyl (C=O) groups is 1. The molecule has 1 amide bonds. The molecule has 4 rings (SSSR count). The van der Waals surface area contributed by atoms with Gasteiger partial charge in [0.2, 0.25) is 10.0 Å². The van der Waals surface area contributed by atoms with Gasteiger partial charge in [-0.05, 0) is 66.7 Å². The van der Waals surface area contributed by atoms with E-state index in [4.69, 9.17) is 4.42 Å². The van der Waals surface area contributed by atoms with E-state index in [9.17, 15) is 17.6 Å². The van der Waals surface area contributed by atoms with Crippen molar-refractivity contribution in [3.63, 3.8) is 0 Å². The third-order valence-corrected chi connectivity index (χ3v) is 6.41. The number of sulfonamides is 1. The Morgan fingerprint density at radius 1 is 0.903 bits per heavy atom. The predicted octanol–water partition coefficient (Wildman–Crippen LogP) is 4.17. The van der Waals surface area contributed by atoms with Crippen LogP contribution >= 0.6 is 0 Å². The highest BCUT2D eigenvalue weighted by atomic mass is 32.2. The van der Waals surface area contributed by atoms with Crippen LogP contribution in [0.15, 0.2) is 76.0 Å². The lowest BCUT2D eigenvalue weighted by Crippen LogP contribution is -2.18. The molecule has 3 aromatic carbocycles. The summed E-state index contributed by atoms with van der Waals surface area (Å²) in [6, 6.07) is 17.5. The number of nitrogens with one attached hydrogen (secondary N) is 2. The van der Waals surface area contributed by atoms with Gasteiger partial charge >= 0.3 is 0 Å². The number of furan rings is 1. The Morgan fingerprint density at radius 2 is 1.58 bits per heavy atom. The van der Waals surface area contributed by atoms with Crippen LogP contribution in [0.4, 0.5) is 4.39 Å². The molecule has 0 bridgehead atoms. The highest BCUT2D eigenvalue weighted by Gasteiger charge is 2.22. The Bertz CT molecular complexity index is 1390. The molecule has 158 valence electrons. The first-order chi connectivity index (χ1) is 14.8. The lowest BCUT2D eigenvalue weighted by atomic mass is 10.00. The van der Waals surface area contributed by atoms with Crippen LogP contribution in [0.1, 0.15) is 10.4 Å². The lowest BCUT2D eigenvalue weighted by Gasteiger charge is -2.07. The molecule has 2 N–H and O–H groups in total. The second-order valence-corrected chi connectivity index (χ2v) is 8.73. The molecule has 0 spiro atoms. The molecule has 0 aliphatic heterocycles. The van der Waals surface area contributed by atoms with Crippen molar-refractivity contribution in [1.29, 1.82) is 0 Å². The molecular formula is C23H19FN2O4S. The Labute approximate surface area is 178 Å². The first kappa shape index (κ1) is 20.8. The molecule has 0 aliphatic rings. The van der Waals surface area contributed by atoms with Crippen LogP contribution in [0, 0.1) is 5.82 Å². The molecule has 4 aromatic rings. The average molecular weight is 438 g/mol. The molecule has 0 saturated carbocycles. The fourth-order valence-electron chi connectivity index (χ4n) is 3.39. The highest BCUT2D eigenvalue weighted by Crippen LogP contribution is 2.36. The Hall–Kier alpha value is -3.49. The fourth-order valence-corrected chi connectivity index (χ4v) is 4.17. The van der Waals surface area contributed by atoms with E-state index in [2.05, 4.69) is 10.0 Å². The monoisotopic (exact) mass is 438 g/mol. The molecule has 0 aliphatic carbocycles. The third-order valence-electron chi connectivity index (χ3n) is 4.99. The van der Waals surface area contributed by atoms with Gasteiger partial charge in [-0.1, -0.05) is 18.2 Å². The molecular weight excluding hydrogens is 419 g/mol. The maximum atomic E-state index is 13.4. The quantitative estimate of drug-likeness (QED) is 0.489. The van der Waals surface area contributed by atoms with Crippen LogP contribution in [-0.4, -0.2) is 28.4 Å². The van der Waals surface area contributed by atoms with E-state index in [0.29, 0.717) is 33.4 Å². The summed E-state index contributed by atoms with van der Waals surface area (Å²) in [4.78, 5) is 12.8. The number of hydrogen-bond donors (Lipinski definition) is 2.